The van der Waals surface area contributed by atoms with Gasteiger partial charge in [-0.3, -0.25) is 4.98 Å². The fourth-order valence-corrected chi connectivity index (χ4v) is 3.30. The molecule has 0 bridgehead atoms. The van der Waals surface area contributed by atoms with Crippen molar-refractivity contribution in [2.75, 3.05) is 6.54 Å². The lowest BCUT2D eigenvalue weighted by Gasteiger charge is -2.23. The molecule has 0 saturated carbocycles. The van der Waals surface area contributed by atoms with E-state index < -0.39 is 17.4 Å². The Morgan fingerprint density at radius 2 is 2.13 bits per heavy atom. The van der Waals surface area contributed by atoms with E-state index >= 15 is 0 Å². The fourth-order valence-electron chi connectivity index (χ4n) is 3.30. The smallest absolute Gasteiger partial charge is 0.412 e. The molecule has 0 fully saturated rings. The van der Waals surface area contributed by atoms with Crippen molar-refractivity contribution in [2.24, 2.45) is 5.73 Å². The Hall–Kier alpha value is -3.20. The van der Waals surface area contributed by atoms with Crippen molar-refractivity contribution >= 4 is 11.6 Å². The highest BCUT2D eigenvalue weighted by Gasteiger charge is 2.21. The second-order valence-corrected chi connectivity index (χ2v) is 7.95. The minimum atomic E-state index is -0.606. The van der Waals surface area contributed by atoms with Gasteiger partial charge >= 0.3 is 6.09 Å². The molecule has 0 aliphatic carbocycles. The molecule has 8 nitrogen and oxygen atoms in total. The third-order valence-corrected chi connectivity index (χ3v) is 4.81. The van der Waals surface area contributed by atoms with Crippen molar-refractivity contribution in [3.8, 4) is 11.6 Å². The molecular formula is C22H28FN5O3. The largest absolute Gasteiger partial charge is 0.471 e. The van der Waals surface area contributed by atoms with Gasteiger partial charge in [-0.1, -0.05) is 13.3 Å². The van der Waals surface area contributed by atoms with E-state index in [1.54, 1.807) is 13.0 Å². The van der Waals surface area contributed by atoms with Gasteiger partial charge in [-0.25, -0.2) is 9.18 Å². The highest BCUT2D eigenvalue weighted by Crippen LogP contribution is 2.29. The Bertz CT molecular complexity index is 1080. The molecule has 0 aromatic carbocycles. The third kappa shape index (κ3) is 5.49. The summed E-state index contributed by atoms with van der Waals surface area (Å²) in [6.07, 6.45) is 2.59. The van der Waals surface area contributed by atoms with Crippen molar-refractivity contribution in [3.63, 3.8) is 0 Å². The number of carbonyl (C=O) groups is 1. The Balaban J connectivity index is 1.80. The number of nitrogens with zero attached hydrogens (tertiary/aromatic N) is 3. The van der Waals surface area contributed by atoms with Gasteiger partial charge in [-0.2, -0.15) is 9.61 Å². The van der Waals surface area contributed by atoms with Gasteiger partial charge in [-0.05, 0) is 51.0 Å². The minimum absolute atomic E-state index is 0.0622. The van der Waals surface area contributed by atoms with Crippen LogP contribution in [0.2, 0.25) is 0 Å². The summed E-state index contributed by atoms with van der Waals surface area (Å²) in [5.41, 5.74) is 7.79. The maximum Gasteiger partial charge on any atom is 0.412 e. The number of carbonyl (C=O) groups excluding carboxylic acids is 1. The Morgan fingerprint density at radius 1 is 1.35 bits per heavy atom. The van der Waals surface area contributed by atoms with Crippen LogP contribution in [-0.4, -0.2) is 32.8 Å². The number of rotatable bonds is 8. The Morgan fingerprint density at radius 3 is 2.84 bits per heavy atom. The first-order chi connectivity index (χ1) is 14.7. The maximum atomic E-state index is 13.9. The van der Waals surface area contributed by atoms with Crippen LogP contribution in [-0.2, 0) is 6.61 Å². The summed E-state index contributed by atoms with van der Waals surface area (Å²) in [7, 11) is 0. The minimum Gasteiger partial charge on any atom is -0.471 e. The quantitative estimate of drug-likeness (QED) is 0.566. The highest BCUT2D eigenvalue weighted by molar-refractivity contribution is 5.76. The number of aromatic nitrogens is 3. The number of halogens is 1. The number of aryl methyl sites for hydroxylation is 2. The number of nitrogens with two attached hydrogens (primary N) is 1. The molecule has 3 aromatic heterocycles. The van der Waals surface area contributed by atoms with Crippen LogP contribution in [0.5, 0.6) is 11.6 Å². The fraction of sp³-hybridized carbons (Fsp3) is 0.409. The first kappa shape index (κ1) is 22.5. The summed E-state index contributed by atoms with van der Waals surface area (Å²) in [5.74, 6) is 0.263. The van der Waals surface area contributed by atoms with Gasteiger partial charge in [0.15, 0.2) is 5.75 Å². The van der Waals surface area contributed by atoms with Crippen LogP contribution in [0.3, 0.4) is 0 Å². The molecule has 0 spiro atoms. The summed E-state index contributed by atoms with van der Waals surface area (Å²) in [6.45, 7) is 7.77. The first-order valence-corrected chi connectivity index (χ1v) is 10.2. The van der Waals surface area contributed by atoms with Gasteiger partial charge in [0, 0.05) is 24.3 Å². The molecule has 3 rings (SSSR count). The van der Waals surface area contributed by atoms with E-state index in [1.807, 2.05) is 26.8 Å². The molecule has 3 heterocycles. The molecule has 0 aliphatic heterocycles. The summed E-state index contributed by atoms with van der Waals surface area (Å²) in [4.78, 5) is 16.4. The Kier molecular flexibility index (Phi) is 6.74. The molecular weight excluding hydrogens is 401 g/mol. The van der Waals surface area contributed by atoms with Crippen LogP contribution in [0, 0.1) is 19.7 Å². The lowest BCUT2D eigenvalue weighted by atomic mass is 9.98. The maximum absolute atomic E-state index is 13.9. The Labute approximate surface area is 180 Å². The van der Waals surface area contributed by atoms with Crippen molar-refractivity contribution in [3.05, 3.63) is 53.2 Å². The first-order valence-electron chi connectivity index (χ1n) is 10.2. The zero-order valence-electron chi connectivity index (χ0n) is 18.2. The van der Waals surface area contributed by atoms with E-state index in [4.69, 9.17) is 15.2 Å². The van der Waals surface area contributed by atoms with Gasteiger partial charge < -0.3 is 20.5 Å². The summed E-state index contributed by atoms with van der Waals surface area (Å²) < 4.78 is 26.7. The number of ether oxygens (including phenoxy) is 2. The number of fused-ring (bicyclic) bond motifs is 1. The molecule has 31 heavy (non-hydrogen) atoms. The highest BCUT2D eigenvalue weighted by atomic mass is 19.1. The van der Waals surface area contributed by atoms with E-state index in [9.17, 15) is 9.18 Å². The molecule has 3 aromatic rings. The van der Waals surface area contributed by atoms with E-state index in [-0.39, 0.29) is 12.3 Å². The van der Waals surface area contributed by atoms with Gasteiger partial charge in [0.05, 0.1) is 0 Å². The van der Waals surface area contributed by atoms with Crippen molar-refractivity contribution < 1.29 is 18.7 Å². The van der Waals surface area contributed by atoms with Gasteiger partial charge in [0.2, 0.25) is 5.88 Å². The second-order valence-electron chi connectivity index (χ2n) is 7.95. The van der Waals surface area contributed by atoms with Crippen molar-refractivity contribution in [1.82, 2.24) is 19.9 Å². The summed E-state index contributed by atoms with van der Waals surface area (Å²) >= 11 is 0. The lowest BCUT2D eigenvalue weighted by molar-refractivity contribution is 0.197. The topological polar surface area (TPSA) is 104 Å². The SMILES string of the molecule is CCCC(C)(N)CNC(=O)Oc1c(C)nn2c(OCc3ncccc3F)cc(C)cc12. The van der Waals surface area contributed by atoms with E-state index in [0.717, 1.165) is 18.4 Å². The molecule has 166 valence electrons. The van der Waals surface area contributed by atoms with Crippen molar-refractivity contribution in [2.45, 2.75) is 52.7 Å². The molecule has 0 saturated heterocycles. The third-order valence-electron chi connectivity index (χ3n) is 4.81. The number of hydrogen-bond donors (Lipinski definition) is 2. The standard InChI is InChI=1S/C22H28FN5O3/c1-5-8-22(4,24)13-26-21(29)31-20-15(3)27-28-18(20)10-14(2)11-19(28)30-12-17-16(23)7-6-9-25-17/h6-7,9-11H,5,8,12-13,24H2,1-4H3,(H,26,29). The molecule has 9 heteroatoms. The number of amides is 1. The van der Waals surface area contributed by atoms with Gasteiger partial charge in [0.25, 0.3) is 0 Å². The molecule has 0 aliphatic rings. The molecule has 1 atom stereocenters. The van der Waals surface area contributed by atoms with Crippen LogP contribution in [0.4, 0.5) is 9.18 Å². The monoisotopic (exact) mass is 429 g/mol. The summed E-state index contributed by atoms with van der Waals surface area (Å²) in [6, 6.07) is 6.45. The number of pyridine rings is 2. The predicted molar refractivity (Wildman–Crippen MR) is 115 cm³/mol. The molecule has 3 N–H and O–H groups in total. The van der Waals surface area contributed by atoms with E-state index in [2.05, 4.69) is 15.4 Å². The second kappa shape index (κ2) is 9.30. The van der Waals surface area contributed by atoms with Crippen molar-refractivity contribution in [1.29, 1.82) is 0 Å². The zero-order chi connectivity index (χ0) is 22.6. The predicted octanol–water partition coefficient (Wildman–Crippen LogP) is 3.67. The lowest BCUT2D eigenvalue weighted by Crippen LogP contribution is -2.48. The zero-order valence-corrected chi connectivity index (χ0v) is 18.2. The average molecular weight is 429 g/mol. The molecule has 1 amide bonds. The van der Waals surface area contributed by atoms with Gasteiger partial charge in [-0.15, -0.1) is 0 Å². The van der Waals surface area contributed by atoms with Crippen LogP contribution in [0.15, 0.2) is 30.5 Å². The van der Waals surface area contributed by atoms with Crippen LogP contribution < -0.4 is 20.5 Å². The normalized spacial score (nSPS) is 13.1. The van der Waals surface area contributed by atoms with Gasteiger partial charge in [0.1, 0.15) is 29.3 Å². The number of hydrogen-bond acceptors (Lipinski definition) is 6. The summed E-state index contributed by atoms with van der Waals surface area (Å²) in [5, 5.41) is 7.14. The van der Waals surface area contributed by atoms with Crippen LogP contribution in [0.1, 0.15) is 43.6 Å². The van der Waals surface area contributed by atoms with E-state index in [0.29, 0.717) is 29.4 Å². The van der Waals surface area contributed by atoms with Crippen LogP contribution >= 0.6 is 0 Å². The average Bonchev–Trinajstić information content (AvgIpc) is 3.01. The van der Waals surface area contributed by atoms with E-state index in [1.165, 1.54) is 22.8 Å². The number of nitrogens with one attached hydrogen (secondary N) is 1. The molecule has 1 unspecified atom stereocenters. The van der Waals surface area contributed by atoms with Crippen LogP contribution in [0.25, 0.3) is 5.52 Å². The molecule has 0 radical (unpaired) electrons.